The molecule has 0 aliphatic carbocycles. The minimum Gasteiger partial charge on any atom is -0.462 e. The molecule has 0 aliphatic rings. The Bertz CT molecular complexity index is 950. The van der Waals surface area contributed by atoms with E-state index in [-0.39, 0.29) is 24.9 Å². The third-order valence-corrected chi connectivity index (χ3v) is 12.3. The van der Waals surface area contributed by atoms with Crippen molar-refractivity contribution in [2.24, 2.45) is 0 Å². The van der Waals surface area contributed by atoms with Crippen molar-refractivity contribution in [3.8, 4) is 0 Å². The molecule has 354 valence electrons. The number of ether oxygens (including phenoxy) is 1. The molecule has 0 aromatic carbocycles. The highest BCUT2D eigenvalue weighted by Gasteiger charge is 2.24. The Labute approximate surface area is 373 Å². The van der Waals surface area contributed by atoms with Crippen LogP contribution in [0.1, 0.15) is 284 Å². The summed E-state index contributed by atoms with van der Waals surface area (Å²) >= 11 is 0. The molecule has 0 saturated heterocycles. The van der Waals surface area contributed by atoms with Crippen LogP contribution in [0.25, 0.3) is 0 Å². The minimum absolute atomic E-state index is 0.0589. The Morgan fingerprint density at radius 3 is 1.22 bits per heavy atom. The summed E-state index contributed by atoms with van der Waals surface area (Å²) < 4.78 is 5.92. The first-order valence-corrected chi connectivity index (χ1v) is 26.6. The van der Waals surface area contributed by atoms with Crippen LogP contribution < -0.4 is 5.32 Å². The molecular weight excluding hydrogens is 743 g/mol. The number of aliphatic hydroxyl groups excluding tert-OH is 2. The largest absolute Gasteiger partial charge is 0.462 e. The molecule has 0 saturated carbocycles. The number of allylic oxidation sites excluding steroid dienone is 4. The molecule has 0 rings (SSSR count). The summed E-state index contributed by atoms with van der Waals surface area (Å²) in [5, 5.41) is 23.7. The van der Waals surface area contributed by atoms with Crippen LogP contribution in [0.3, 0.4) is 0 Å². The van der Waals surface area contributed by atoms with Gasteiger partial charge in [-0.2, -0.15) is 0 Å². The molecule has 0 aliphatic heterocycles. The molecule has 3 unspecified atom stereocenters. The second-order valence-corrected chi connectivity index (χ2v) is 18.3. The maximum atomic E-state index is 13.2. The van der Waals surface area contributed by atoms with E-state index in [2.05, 4.69) is 50.4 Å². The summed E-state index contributed by atoms with van der Waals surface area (Å²) in [7, 11) is 0. The van der Waals surface area contributed by atoms with E-state index in [1.54, 1.807) is 0 Å². The third kappa shape index (κ3) is 43.0. The number of hydrogen-bond donors (Lipinski definition) is 3. The number of carbonyl (C=O) groups is 2. The number of hydrogen-bond acceptors (Lipinski definition) is 5. The highest BCUT2D eigenvalue weighted by atomic mass is 16.5. The second kappa shape index (κ2) is 48.4. The van der Waals surface area contributed by atoms with Crippen molar-refractivity contribution in [1.82, 2.24) is 5.32 Å². The average molecular weight is 846 g/mol. The molecule has 0 spiro atoms. The van der Waals surface area contributed by atoms with E-state index in [1.165, 1.54) is 180 Å². The van der Waals surface area contributed by atoms with Crippen molar-refractivity contribution in [2.75, 3.05) is 6.61 Å². The zero-order chi connectivity index (χ0) is 43.8. The van der Waals surface area contributed by atoms with Gasteiger partial charge in [-0.15, -0.1) is 0 Å². The van der Waals surface area contributed by atoms with Crippen LogP contribution in [-0.4, -0.2) is 46.9 Å². The topological polar surface area (TPSA) is 95.9 Å². The zero-order valence-corrected chi connectivity index (χ0v) is 40.4. The van der Waals surface area contributed by atoms with Crippen molar-refractivity contribution in [3.05, 3.63) is 24.3 Å². The number of carbonyl (C=O) groups excluding carboxylic acids is 2. The molecule has 0 bridgehead atoms. The van der Waals surface area contributed by atoms with Crippen molar-refractivity contribution in [2.45, 2.75) is 302 Å². The summed E-state index contributed by atoms with van der Waals surface area (Å²) in [6, 6.07) is -0.706. The molecule has 0 heterocycles. The Kier molecular flexibility index (Phi) is 47.0. The van der Waals surface area contributed by atoms with Gasteiger partial charge in [-0.3, -0.25) is 9.59 Å². The smallest absolute Gasteiger partial charge is 0.306 e. The molecule has 3 N–H and O–H groups in total. The lowest BCUT2D eigenvalue weighted by Crippen LogP contribution is -2.46. The summed E-state index contributed by atoms with van der Waals surface area (Å²) in [5.41, 5.74) is 0. The van der Waals surface area contributed by atoms with E-state index in [0.717, 1.165) is 57.8 Å². The van der Waals surface area contributed by atoms with Gasteiger partial charge in [0, 0.05) is 6.42 Å². The monoisotopic (exact) mass is 846 g/mol. The Balaban J connectivity index is 4.51. The van der Waals surface area contributed by atoms with E-state index < -0.39 is 18.2 Å². The first-order chi connectivity index (χ1) is 29.5. The average Bonchev–Trinajstić information content (AvgIpc) is 3.24. The van der Waals surface area contributed by atoms with Crippen molar-refractivity contribution in [1.29, 1.82) is 0 Å². The quantitative estimate of drug-likeness (QED) is 0.0322. The van der Waals surface area contributed by atoms with E-state index in [1.807, 2.05) is 0 Å². The number of nitrogens with one attached hydrogen (secondary N) is 1. The number of amides is 1. The van der Waals surface area contributed by atoms with Crippen molar-refractivity contribution >= 4 is 11.9 Å². The standard InChI is InChI=1S/C54H103NO5/c1-4-7-10-13-16-19-22-24-25-26-27-29-32-35-38-41-44-47-54(59)60-50(45-42-39-36-33-30-21-18-15-12-9-6-3)48-53(58)55-51(49-56)52(57)46-43-40-37-34-31-28-23-20-17-14-11-8-5-2/h24-25,33,36,50-52,56-57H,4-23,26-32,34-35,37-49H2,1-3H3,(H,55,58)/b25-24+,36-33-. The van der Waals surface area contributed by atoms with Crippen molar-refractivity contribution in [3.63, 3.8) is 0 Å². The van der Waals surface area contributed by atoms with Gasteiger partial charge >= 0.3 is 5.97 Å². The van der Waals surface area contributed by atoms with Crippen LogP contribution in [0.5, 0.6) is 0 Å². The van der Waals surface area contributed by atoms with Gasteiger partial charge in [0.05, 0.1) is 25.2 Å². The lowest BCUT2D eigenvalue weighted by Gasteiger charge is -2.24. The normalized spacial score (nSPS) is 13.3. The predicted molar refractivity (Wildman–Crippen MR) is 260 cm³/mol. The minimum atomic E-state index is -0.791. The third-order valence-electron chi connectivity index (χ3n) is 12.3. The van der Waals surface area contributed by atoms with Crippen molar-refractivity contribution < 1.29 is 24.5 Å². The highest BCUT2D eigenvalue weighted by Crippen LogP contribution is 2.17. The first-order valence-electron chi connectivity index (χ1n) is 26.6. The summed E-state index contributed by atoms with van der Waals surface area (Å²) in [6.07, 6.45) is 55.3. The van der Waals surface area contributed by atoms with Crippen LogP contribution in [0.4, 0.5) is 0 Å². The van der Waals surface area contributed by atoms with E-state index in [0.29, 0.717) is 19.3 Å². The van der Waals surface area contributed by atoms with Crippen LogP contribution in [0, 0.1) is 0 Å². The van der Waals surface area contributed by atoms with Gasteiger partial charge in [0.15, 0.2) is 0 Å². The molecule has 60 heavy (non-hydrogen) atoms. The fraction of sp³-hybridized carbons (Fsp3) is 0.889. The van der Waals surface area contributed by atoms with Gasteiger partial charge in [0.25, 0.3) is 0 Å². The molecule has 0 aromatic rings. The summed E-state index contributed by atoms with van der Waals surface area (Å²) in [6.45, 7) is 6.48. The number of aliphatic hydroxyl groups is 2. The molecular formula is C54H103NO5. The number of unbranched alkanes of at least 4 members (excludes halogenated alkanes) is 32. The maximum absolute atomic E-state index is 13.2. The van der Waals surface area contributed by atoms with E-state index in [9.17, 15) is 19.8 Å². The molecule has 0 radical (unpaired) electrons. The van der Waals surface area contributed by atoms with Crippen LogP contribution in [0.2, 0.25) is 0 Å². The Morgan fingerprint density at radius 2 is 0.817 bits per heavy atom. The molecule has 0 aromatic heterocycles. The lowest BCUT2D eigenvalue weighted by atomic mass is 10.0. The predicted octanol–water partition coefficient (Wildman–Crippen LogP) is 15.9. The molecule has 3 atom stereocenters. The zero-order valence-electron chi connectivity index (χ0n) is 40.4. The van der Waals surface area contributed by atoms with Gasteiger partial charge in [-0.05, 0) is 70.6 Å². The van der Waals surface area contributed by atoms with Crippen LogP contribution >= 0.6 is 0 Å². The first kappa shape index (κ1) is 58.3. The van der Waals surface area contributed by atoms with Crippen LogP contribution in [0.15, 0.2) is 24.3 Å². The van der Waals surface area contributed by atoms with E-state index in [4.69, 9.17) is 4.74 Å². The fourth-order valence-electron chi connectivity index (χ4n) is 8.19. The molecule has 0 fully saturated rings. The molecule has 6 heteroatoms. The van der Waals surface area contributed by atoms with Gasteiger partial charge in [-0.25, -0.2) is 0 Å². The summed E-state index contributed by atoms with van der Waals surface area (Å²) in [4.78, 5) is 26.1. The Morgan fingerprint density at radius 1 is 0.467 bits per heavy atom. The lowest BCUT2D eigenvalue weighted by molar-refractivity contribution is -0.151. The number of rotatable bonds is 48. The molecule has 6 nitrogen and oxygen atoms in total. The Hall–Kier alpha value is -1.66. The fourth-order valence-corrected chi connectivity index (χ4v) is 8.19. The van der Waals surface area contributed by atoms with Gasteiger partial charge in [-0.1, -0.05) is 225 Å². The molecule has 1 amide bonds. The van der Waals surface area contributed by atoms with Crippen LogP contribution in [-0.2, 0) is 14.3 Å². The summed E-state index contributed by atoms with van der Waals surface area (Å²) in [5.74, 6) is -0.497. The van der Waals surface area contributed by atoms with Gasteiger partial charge in [0.2, 0.25) is 5.91 Å². The maximum Gasteiger partial charge on any atom is 0.306 e. The second-order valence-electron chi connectivity index (χ2n) is 18.3. The van der Waals surface area contributed by atoms with Gasteiger partial charge in [0.1, 0.15) is 6.10 Å². The highest BCUT2D eigenvalue weighted by molar-refractivity contribution is 5.77. The van der Waals surface area contributed by atoms with Gasteiger partial charge < -0.3 is 20.3 Å². The SMILES string of the molecule is CCCCCCCC/C=C\CCCC(CC(=O)NC(CO)C(O)CCCCCCCCCCCCCCC)OC(=O)CCCCCCCCC/C=C/CCCCCCCC. The van der Waals surface area contributed by atoms with E-state index >= 15 is 0 Å². The number of esters is 1.